The molecule has 0 saturated carbocycles. The maximum Gasteiger partial charge on any atom is 0.292 e. The number of nitro benzene ring substituents is 1. The van der Waals surface area contributed by atoms with Gasteiger partial charge in [-0.2, -0.15) is 0 Å². The number of rotatable bonds is 6. The van der Waals surface area contributed by atoms with Gasteiger partial charge in [0.1, 0.15) is 5.69 Å². The van der Waals surface area contributed by atoms with E-state index in [-0.39, 0.29) is 10.6 Å². The lowest BCUT2D eigenvalue weighted by Gasteiger charge is -2.35. The van der Waals surface area contributed by atoms with Crippen molar-refractivity contribution in [2.45, 2.75) is 51.6 Å². The fourth-order valence-corrected chi connectivity index (χ4v) is 3.20. The Morgan fingerprint density at radius 3 is 2.90 bits per heavy atom. The minimum absolute atomic E-state index is 0.144. The van der Waals surface area contributed by atoms with Crippen molar-refractivity contribution in [1.82, 2.24) is 4.90 Å². The van der Waals surface area contributed by atoms with Gasteiger partial charge in [-0.15, -0.1) is 0 Å². The van der Waals surface area contributed by atoms with Gasteiger partial charge in [0.2, 0.25) is 0 Å². The predicted octanol–water partition coefficient (Wildman–Crippen LogP) is 3.79. The fraction of sp³-hybridized carbons (Fsp3) is 0.625. The average molecular weight is 291 g/mol. The highest BCUT2D eigenvalue weighted by atomic mass is 16.6. The quantitative estimate of drug-likeness (QED) is 0.640. The molecule has 21 heavy (non-hydrogen) atoms. The lowest BCUT2D eigenvalue weighted by molar-refractivity contribution is -0.384. The summed E-state index contributed by atoms with van der Waals surface area (Å²) >= 11 is 0. The second-order valence-corrected chi connectivity index (χ2v) is 5.77. The normalized spacial score (nSPS) is 19.4. The number of nitrogens with one attached hydrogen (secondary N) is 1. The molecule has 1 aromatic rings. The van der Waals surface area contributed by atoms with Gasteiger partial charge in [0.05, 0.1) is 4.92 Å². The molecule has 1 unspecified atom stereocenters. The molecule has 0 spiro atoms. The third-order valence-electron chi connectivity index (χ3n) is 4.28. The van der Waals surface area contributed by atoms with Crippen molar-refractivity contribution in [3.8, 4) is 0 Å². The van der Waals surface area contributed by atoms with Gasteiger partial charge in [0.15, 0.2) is 0 Å². The van der Waals surface area contributed by atoms with Crippen LogP contribution < -0.4 is 5.32 Å². The van der Waals surface area contributed by atoms with Gasteiger partial charge in [-0.3, -0.25) is 15.0 Å². The summed E-state index contributed by atoms with van der Waals surface area (Å²) in [5, 5.41) is 13.9. The molecular formula is C16H25N3O2. The van der Waals surface area contributed by atoms with E-state index in [0.29, 0.717) is 11.7 Å². The van der Waals surface area contributed by atoms with Crippen molar-refractivity contribution in [2.24, 2.45) is 0 Å². The molecule has 1 aliphatic rings. The van der Waals surface area contributed by atoms with E-state index in [0.717, 1.165) is 18.7 Å². The Morgan fingerprint density at radius 1 is 1.43 bits per heavy atom. The molecule has 1 N–H and O–H groups in total. The average Bonchev–Trinajstić information content (AvgIpc) is 2.49. The summed E-state index contributed by atoms with van der Waals surface area (Å²) in [4.78, 5) is 13.2. The molecule has 0 amide bonds. The molecule has 1 aliphatic heterocycles. The number of likely N-dealkylation sites (tertiary alicyclic amines) is 1. The van der Waals surface area contributed by atoms with Crippen LogP contribution in [0.15, 0.2) is 18.2 Å². The molecule has 1 aromatic carbocycles. The number of piperidine rings is 1. The topological polar surface area (TPSA) is 58.4 Å². The largest absolute Gasteiger partial charge is 0.383 e. The lowest BCUT2D eigenvalue weighted by atomic mass is 9.97. The first-order valence-electron chi connectivity index (χ1n) is 7.84. The Morgan fingerprint density at radius 2 is 2.24 bits per heavy atom. The zero-order valence-electron chi connectivity index (χ0n) is 13.0. The molecule has 5 heteroatoms. The van der Waals surface area contributed by atoms with Crippen LogP contribution in [0.5, 0.6) is 0 Å². The maximum absolute atomic E-state index is 11.0. The van der Waals surface area contributed by atoms with Crippen molar-refractivity contribution in [1.29, 1.82) is 0 Å². The highest BCUT2D eigenvalue weighted by molar-refractivity contribution is 5.62. The van der Waals surface area contributed by atoms with Crippen LogP contribution in [0, 0.1) is 10.1 Å². The van der Waals surface area contributed by atoms with E-state index in [4.69, 9.17) is 0 Å². The van der Waals surface area contributed by atoms with Crippen LogP contribution in [0.3, 0.4) is 0 Å². The van der Waals surface area contributed by atoms with E-state index < -0.39 is 0 Å². The first-order valence-corrected chi connectivity index (χ1v) is 7.84. The third kappa shape index (κ3) is 3.94. The maximum atomic E-state index is 11.0. The molecule has 0 radical (unpaired) electrons. The molecule has 116 valence electrons. The van der Waals surface area contributed by atoms with Crippen LogP contribution in [-0.2, 0) is 6.54 Å². The number of anilines is 1. The van der Waals surface area contributed by atoms with Crippen LogP contribution in [-0.4, -0.2) is 29.5 Å². The van der Waals surface area contributed by atoms with Gasteiger partial charge in [0, 0.05) is 25.7 Å². The van der Waals surface area contributed by atoms with Crippen molar-refractivity contribution in [3.63, 3.8) is 0 Å². The zero-order chi connectivity index (χ0) is 15.2. The monoisotopic (exact) mass is 291 g/mol. The van der Waals surface area contributed by atoms with E-state index in [1.165, 1.54) is 32.1 Å². The molecule has 0 aromatic heterocycles. The number of nitro groups is 1. The Kier molecular flexibility index (Phi) is 5.56. The first-order chi connectivity index (χ1) is 10.2. The van der Waals surface area contributed by atoms with E-state index in [2.05, 4.69) is 17.1 Å². The van der Waals surface area contributed by atoms with Crippen molar-refractivity contribution < 1.29 is 4.92 Å². The van der Waals surface area contributed by atoms with Gasteiger partial charge in [-0.1, -0.05) is 25.8 Å². The summed E-state index contributed by atoms with van der Waals surface area (Å²) in [7, 11) is 1.73. The Balaban J connectivity index is 2.12. The van der Waals surface area contributed by atoms with E-state index >= 15 is 0 Å². The van der Waals surface area contributed by atoms with Crippen LogP contribution in [0.25, 0.3) is 0 Å². The van der Waals surface area contributed by atoms with Crippen LogP contribution in [0.1, 0.15) is 44.6 Å². The lowest BCUT2D eigenvalue weighted by Crippen LogP contribution is -2.38. The van der Waals surface area contributed by atoms with Gasteiger partial charge in [-0.25, -0.2) is 0 Å². The minimum atomic E-state index is -0.337. The Hall–Kier alpha value is -1.62. The number of hydrogen-bond acceptors (Lipinski definition) is 4. The summed E-state index contributed by atoms with van der Waals surface area (Å²) in [6.45, 7) is 4.26. The third-order valence-corrected chi connectivity index (χ3v) is 4.28. The Labute approximate surface area is 126 Å². The molecule has 5 nitrogen and oxygen atoms in total. The smallest absolute Gasteiger partial charge is 0.292 e. The van der Waals surface area contributed by atoms with Gasteiger partial charge < -0.3 is 5.32 Å². The van der Waals surface area contributed by atoms with E-state index in [9.17, 15) is 10.1 Å². The number of nitrogens with zero attached hydrogens (tertiary/aromatic N) is 2. The second-order valence-electron chi connectivity index (χ2n) is 5.77. The first kappa shape index (κ1) is 15.8. The van der Waals surface area contributed by atoms with Crippen molar-refractivity contribution >= 4 is 11.4 Å². The molecule has 2 rings (SSSR count). The SMILES string of the molecule is CCCC1CCCCN1Cc1ccc([N+](=O)[O-])c(NC)c1. The summed E-state index contributed by atoms with van der Waals surface area (Å²) < 4.78 is 0. The Bertz CT molecular complexity index is 488. The summed E-state index contributed by atoms with van der Waals surface area (Å²) in [6.07, 6.45) is 6.31. The molecular weight excluding hydrogens is 266 g/mol. The van der Waals surface area contributed by atoms with Crippen molar-refractivity contribution in [3.05, 3.63) is 33.9 Å². The number of hydrogen-bond donors (Lipinski definition) is 1. The molecule has 1 saturated heterocycles. The van der Waals surface area contributed by atoms with Gasteiger partial charge >= 0.3 is 0 Å². The highest BCUT2D eigenvalue weighted by Crippen LogP contribution is 2.28. The summed E-state index contributed by atoms with van der Waals surface area (Å²) in [5.41, 5.74) is 1.89. The van der Waals surface area contributed by atoms with Crippen LogP contribution in [0.2, 0.25) is 0 Å². The molecule has 1 fully saturated rings. The molecule has 0 aliphatic carbocycles. The standard InChI is InChI=1S/C16H25N3O2/c1-3-6-14-7-4-5-10-18(14)12-13-8-9-16(19(20)21)15(11-13)17-2/h8-9,11,14,17H,3-7,10,12H2,1-2H3. The zero-order valence-corrected chi connectivity index (χ0v) is 13.0. The van der Waals surface area contributed by atoms with E-state index in [1.54, 1.807) is 13.1 Å². The van der Waals surface area contributed by atoms with Crippen LogP contribution >= 0.6 is 0 Å². The minimum Gasteiger partial charge on any atom is -0.383 e. The van der Waals surface area contributed by atoms with Gasteiger partial charge in [-0.05, 0) is 37.4 Å². The molecule has 1 atom stereocenters. The predicted molar refractivity (Wildman–Crippen MR) is 85.6 cm³/mol. The fourth-order valence-electron chi connectivity index (χ4n) is 3.20. The van der Waals surface area contributed by atoms with E-state index in [1.807, 2.05) is 12.1 Å². The van der Waals surface area contributed by atoms with Crippen molar-refractivity contribution in [2.75, 3.05) is 18.9 Å². The summed E-state index contributed by atoms with van der Waals surface area (Å²) in [6, 6.07) is 6.07. The second kappa shape index (κ2) is 7.41. The van der Waals surface area contributed by atoms with Gasteiger partial charge in [0.25, 0.3) is 5.69 Å². The molecule has 0 bridgehead atoms. The number of benzene rings is 1. The highest BCUT2D eigenvalue weighted by Gasteiger charge is 2.22. The van der Waals surface area contributed by atoms with Crippen LogP contribution in [0.4, 0.5) is 11.4 Å². The summed E-state index contributed by atoms with van der Waals surface area (Å²) in [5.74, 6) is 0. The molecule has 1 heterocycles.